The fraction of sp³-hybridized carbons (Fsp3) is 0.0909. The van der Waals surface area contributed by atoms with Gasteiger partial charge in [0.05, 0.1) is 23.3 Å². The quantitative estimate of drug-likeness (QED) is 0.745. The Balaban J connectivity index is 2.25. The Kier molecular flexibility index (Phi) is 4.21. The molecule has 2 aromatic rings. The van der Waals surface area contributed by atoms with Crippen LogP contribution >= 0.6 is 15.9 Å². The third-order valence-corrected chi connectivity index (χ3v) is 4.58. The standard InChI is InChI=1S/C11H10BrN3O4S/c12-10-2-1-8(3-9(10)11(16)17)20(18,19)15-5-7-4-13-6-14-7/h1-4,6,15H,5H2,(H,13,14)(H,16,17). The van der Waals surface area contributed by atoms with Gasteiger partial charge in [0.15, 0.2) is 0 Å². The first-order valence-corrected chi connectivity index (χ1v) is 7.67. The summed E-state index contributed by atoms with van der Waals surface area (Å²) in [4.78, 5) is 17.4. The lowest BCUT2D eigenvalue weighted by Crippen LogP contribution is -2.23. The molecule has 0 aliphatic rings. The molecule has 0 unspecified atom stereocenters. The van der Waals surface area contributed by atoms with Gasteiger partial charge in [-0.25, -0.2) is 22.9 Å². The number of carboxylic acid groups (broad SMARTS) is 1. The molecular weight excluding hydrogens is 350 g/mol. The molecule has 3 N–H and O–H groups in total. The van der Waals surface area contributed by atoms with Gasteiger partial charge in [-0.15, -0.1) is 0 Å². The number of aromatic nitrogens is 2. The lowest BCUT2D eigenvalue weighted by atomic mass is 10.2. The fourth-order valence-corrected chi connectivity index (χ4v) is 2.92. The van der Waals surface area contributed by atoms with E-state index in [1.54, 1.807) is 0 Å². The van der Waals surface area contributed by atoms with E-state index in [1.807, 2.05) is 0 Å². The van der Waals surface area contributed by atoms with Crippen molar-refractivity contribution >= 4 is 31.9 Å². The van der Waals surface area contributed by atoms with Crippen LogP contribution in [0.5, 0.6) is 0 Å². The number of nitrogens with zero attached hydrogens (tertiary/aromatic N) is 1. The SMILES string of the molecule is O=C(O)c1cc(S(=O)(=O)NCc2cnc[nH]2)ccc1Br. The summed E-state index contributed by atoms with van der Waals surface area (Å²) in [6.07, 6.45) is 2.93. The second kappa shape index (κ2) is 5.73. The maximum atomic E-state index is 12.1. The highest BCUT2D eigenvalue weighted by atomic mass is 79.9. The first-order valence-electron chi connectivity index (χ1n) is 5.40. The predicted octanol–water partition coefficient (Wildman–Crippen LogP) is 1.35. The molecule has 106 valence electrons. The van der Waals surface area contributed by atoms with Gasteiger partial charge in [-0.1, -0.05) is 0 Å². The van der Waals surface area contributed by atoms with Crippen molar-refractivity contribution in [1.82, 2.24) is 14.7 Å². The second-order valence-electron chi connectivity index (χ2n) is 3.85. The highest BCUT2D eigenvalue weighted by molar-refractivity contribution is 9.10. The first-order chi connectivity index (χ1) is 9.40. The number of aromatic carboxylic acids is 1. The number of halogens is 1. The van der Waals surface area contributed by atoms with Crippen LogP contribution in [-0.4, -0.2) is 29.5 Å². The van der Waals surface area contributed by atoms with E-state index in [-0.39, 0.29) is 17.0 Å². The van der Waals surface area contributed by atoms with E-state index in [4.69, 9.17) is 5.11 Å². The molecule has 0 aliphatic carbocycles. The van der Waals surface area contributed by atoms with Crippen LogP contribution in [0.3, 0.4) is 0 Å². The van der Waals surface area contributed by atoms with Gasteiger partial charge in [0.1, 0.15) is 0 Å². The monoisotopic (exact) mass is 359 g/mol. The molecule has 0 spiro atoms. The van der Waals surface area contributed by atoms with Crippen LogP contribution in [0.25, 0.3) is 0 Å². The molecule has 0 aliphatic heterocycles. The minimum atomic E-state index is -3.79. The Labute approximate surface area is 123 Å². The number of imidazole rings is 1. The molecule has 20 heavy (non-hydrogen) atoms. The molecule has 0 saturated heterocycles. The Morgan fingerprint density at radius 3 is 2.80 bits per heavy atom. The maximum Gasteiger partial charge on any atom is 0.336 e. The van der Waals surface area contributed by atoms with Gasteiger partial charge >= 0.3 is 5.97 Å². The average molecular weight is 360 g/mol. The minimum Gasteiger partial charge on any atom is -0.478 e. The van der Waals surface area contributed by atoms with E-state index in [1.165, 1.54) is 24.7 Å². The lowest BCUT2D eigenvalue weighted by Gasteiger charge is -2.07. The Morgan fingerprint density at radius 1 is 1.45 bits per heavy atom. The number of hydrogen-bond donors (Lipinski definition) is 3. The van der Waals surface area contributed by atoms with Crippen molar-refractivity contribution in [3.63, 3.8) is 0 Å². The molecular formula is C11H10BrN3O4S. The smallest absolute Gasteiger partial charge is 0.336 e. The number of hydrogen-bond acceptors (Lipinski definition) is 4. The molecule has 0 saturated carbocycles. The number of aromatic amines is 1. The van der Waals surface area contributed by atoms with E-state index < -0.39 is 16.0 Å². The summed E-state index contributed by atoms with van der Waals surface area (Å²) in [5, 5.41) is 8.98. The van der Waals surface area contributed by atoms with Crippen molar-refractivity contribution in [3.8, 4) is 0 Å². The van der Waals surface area contributed by atoms with Crippen molar-refractivity contribution in [3.05, 3.63) is 46.5 Å². The average Bonchev–Trinajstić information content (AvgIpc) is 2.89. The molecule has 9 heteroatoms. The molecule has 0 bridgehead atoms. The highest BCUT2D eigenvalue weighted by Gasteiger charge is 2.18. The third-order valence-electron chi connectivity index (χ3n) is 2.49. The maximum absolute atomic E-state index is 12.1. The fourth-order valence-electron chi connectivity index (χ4n) is 1.47. The molecule has 1 heterocycles. The van der Waals surface area contributed by atoms with E-state index in [0.29, 0.717) is 10.2 Å². The van der Waals surface area contributed by atoms with Gasteiger partial charge < -0.3 is 10.1 Å². The van der Waals surface area contributed by atoms with Gasteiger partial charge in [0, 0.05) is 16.4 Å². The van der Waals surface area contributed by atoms with Gasteiger partial charge in [0.2, 0.25) is 10.0 Å². The third kappa shape index (κ3) is 3.24. The molecule has 2 rings (SSSR count). The minimum absolute atomic E-state index is 0.0425. The normalized spacial score (nSPS) is 11.4. The summed E-state index contributed by atoms with van der Waals surface area (Å²) in [7, 11) is -3.79. The van der Waals surface area contributed by atoms with Crippen molar-refractivity contribution in [1.29, 1.82) is 0 Å². The molecule has 0 amide bonds. The molecule has 1 aromatic heterocycles. The largest absolute Gasteiger partial charge is 0.478 e. The van der Waals surface area contributed by atoms with Crippen LogP contribution in [0.2, 0.25) is 0 Å². The van der Waals surface area contributed by atoms with E-state index in [9.17, 15) is 13.2 Å². The van der Waals surface area contributed by atoms with Crippen molar-refractivity contribution in [2.45, 2.75) is 11.4 Å². The van der Waals surface area contributed by atoms with E-state index in [2.05, 4.69) is 30.6 Å². The summed E-state index contributed by atoms with van der Waals surface area (Å²) in [5.74, 6) is -1.21. The topological polar surface area (TPSA) is 112 Å². The van der Waals surface area contributed by atoms with E-state index >= 15 is 0 Å². The lowest BCUT2D eigenvalue weighted by molar-refractivity contribution is 0.0695. The van der Waals surface area contributed by atoms with Crippen molar-refractivity contribution in [2.24, 2.45) is 0 Å². The first kappa shape index (κ1) is 14.7. The Morgan fingerprint density at radius 2 is 2.20 bits per heavy atom. The van der Waals surface area contributed by atoms with Crippen LogP contribution < -0.4 is 4.72 Å². The number of rotatable bonds is 5. The van der Waals surface area contributed by atoms with Gasteiger partial charge in [0.25, 0.3) is 0 Å². The second-order valence-corrected chi connectivity index (χ2v) is 6.47. The van der Waals surface area contributed by atoms with Crippen LogP contribution in [0.1, 0.15) is 16.1 Å². The van der Waals surface area contributed by atoms with Gasteiger partial charge in [-0.05, 0) is 34.1 Å². The molecule has 7 nitrogen and oxygen atoms in total. The zero-order valence-corrected chi connectivity index (χ0v) is 12.4. The van der Waals surface area contributed by atoms with E-state index in [0.717, 1.165) is 6.07 Å². The molecule has 0 atom stereocenters. The van der Waals surface area contributed by atoms with Crippen molar-refractivity contribution < 1.29 is 18.3 Å². The highest BCUT2D eigenvalue weighted by Crippen LogP contribution is 2.21. The summed E-state index contributed by atoms with van der Waals surface area (Å²) in [5.41, 5.74) is 0.485. The summed E-state index contributed by atoms with van der Waals surface area (Å²) >= 11 is 3.06. The number of H-pyrrole nitrogens is 1. The number of carboxylic acids is 1. The Bertz CT molecular complexity index is 728. The predicted molar refractivity (Wildman–Crippen MR) is 73.7 cm³/mol. The zero-order valence-electron chi connectivity index (χ0n) is 10.00. The molecule has 0 fully saturated rings. The van der Waals surface area contributed by atoms with Crippen molar-refractivity contribution in [2.75, 3.05) is 0 Å². The number of nitrogens with one attached hydrogen (secondary N) is 2. The number of sulfonamides is 1. The van der Waals surface area contributed by atoms with Gasteiger partial charge in [-0.2, -0.15) is 0 Å². The summed E-state index contributed by atoms with van der Waals surface area (Å²) in [6, 6.07) is 3.81. The van der Waals surface area contributed by atoms with Crippen LogP contribution in [0, 0.1) is 0 Å². The molecule has 0 radical (unpaired) electrons. The van der Waals surface area contributed by atoms with Crippen LogP contribution in [-0.2, 0) is 16.6 Å². The number of carbonyl (C=O) groups is 1. The zero-order chi connectivity index (χ0) is 14.8. The van der Waals surface area contributed by atoms with Gasteiger partial charge in [-0.3, -0.25) is 0 Å². The summed E-state index contributed by atoms with van der Waals surface area (Å²) in [6.45, 7) is 0.0425. The van der Waals surface area contributed by atoms with Crippen LogP contribution in [0.15, 0.2) is 40.1 Å². The van der Waals surface area contributed by atoms with Crippen LogP contribution in [0.4, 0.5) is 0 Å². The Hall–Kier alpha value is -1.71. The number of benzene rings is 1. The molecule has 1 aromatic carbocycles. The summed E-state index contributed by atoms with van der Waals surface area (Å²) < 4.78 is 26.8.